The van der Waals surface area contributed by atoms with Crippen molar-refractivity contribution in [2.75, 3.05) is 6.54 Å². The molecule has 0 amide bonds. The third kappa shape index (κ3) is 3.33. The summed E-state index contributed by atoms with van der Waals surface area (Å²) in [7, 11) is 0. The van der Waals surface area contributed by atoms with Gasteiger partial charge >= 0.3 is 0 Å². The van der Waals surface area contributed by atoms with Crippen LogP contribution in [0.5, 0.6) is 17.2 Å². The van der Waals surface area contributed by atoms with Crippen molar-refractivity contribution in [1.29, 1.82) is 0 Å². The lowest BCUT2D eigenvalue weighted by atomic mass is 10.2. The van der Waals surface area contributed by atoms with Crippen molar-refractivity contribution in [2.45, 2.75) is 0 Å². The van der Waals surface area contributed by atoms with Gasteiger partial charge in [0.15, 0.2) is 17.3 Å². The minimum Gasteiger partial charge on any atom is -0.504 e. The van der Waals surface area contributed by atoms with Crippen molar-refractivity contribution >= 4 is 17.6 Å². The maximum atomic E-state index is 9.91. The molecule has 2 aromatic heterocycles. The molecule has 0 saturated carbocycles. The number of phenols is 3. The molecule has 7 nitrogen and oxygen atoms in total. The maximum Gasteiger partial charge on any atom is 0.206 e. The molecule has 0 spiro atoms. The molecule has 0 aliphatic heterocycles. The van der Waals surface area contributed by atoms with Gasteiger partial charge in [-0.2, -0.15) is 5.10 Å². The quantitative estimate of drug-likeness (QED) is 0.371. The van der Waals surface area contributed by atoms with Gasteiger partial charge < -0.3 is 19.7 Å². The van der Waals surface area contributed by atoms with Crippen LogP contribution in [0.2, 0.25) is 0 Å². The van der Waals surface area contributed by atoms with Crippen LogP contribution in [-0.4, -0.2) is 32.8 Å². The van der Waals surface area contributed by atoms with Crippen LogP contribution in [0.25, 0.3) is 11.5 Å². The number of phenolic OH excluding ortho intramolecular Hbond substituents is 3. The zero-order chi connectivity index (χ0) is 17.8. The molecule has 25 heavy (non-hydrogen) atoms. The molecule has 0 radical (unpaired) electrons. The van der Waals surface area contributed by atoms with Crippen LogP contribution >= 0.6 is 11.3 Å². The summed E-state index contributed by atoms with van der Waals surface area (Å²) in [5.74, 6) is -0.840. The Hall–Kier alpha value is -3.26. The fraction of sp³-hybridized carbons (Fsp3) is 0.0588. The van der Waals surface area contributed by atoms with E-state index in [2.05, 4.69) is 16.7 Å². The summed E-state index contributed by atoms with van der Waals surface area (Å²) in [6.45, 7) is 4.07. The smallest absolute Gasteiger partial charge is 0.206 e. The fourth-order valence-corrected chi connectivity index (χ4v) is 2.89. The second kappa shape index (κ2) is 7.10. The Morgan fingerprint density at radius 1 is 1.20 bits per heavy atom. The third-order valence-electron chi connectivity index (χ3n) is 3.29. The van der Waals surface area contributed by atoms with Crippen molar-refractivity contribution in [3.63, 3.8) is 0 Å². The van der Waals surface area contributed by atoms with Crippen molar-refractivity contribution in [1.82, 2.24) is 4.68 Å². The number of aromatic hydroxyl groups is 3. The standard InChI is InChI=1S/C17H15N3O4S/c1-2-7-18-17-20(12(10-25-17)14-4-3-8-24-14)19-9-11-5-6-13(21)16(23)15(11)22/h2-6,8-10,21-23H,1,7H2/b18-17?,19-9+. The Bertz CT molecular complexity index is 984. The van der Waals surface area contributed by atoms with E-state index in [1.165, 1.54) is 29.7 Å². The number of rotatable bonds is 5. The fourth-order valence-electron chi connectivity index (χ4n) is 2.07. The van der Waals surface area contributed by atoms with Gasteiger partial charge in [-0.05, 0) is 24.3 Å². The first-order chi connectivity index (χ1) is 12.1. The number of aromatic nitrogens is 1. The lowest BCUT2D eigenvalue weighted by Crippen LogP contribution is -2.12. The first kappa shape index (κ1) is 16.6. The largest absolute Gasteiger partial charge is 0.504 e. The van der Waals surface area contributed by atoms with Gasteiger partial charge in [0.05, 0.1) is 19.0 Å². The predicted molar refractivity (Wildman–Crippen MR) is 95.1 cm³/mol. The third-order valence-corrected chi connectivity index (χ3v) is 4.14. The molecule has 2 heterocycles. The van der Waals surface area contributed by atoms with Crippen LogP contribution in [0.4, 0.5) is 0 Å². The van der Waals surface area contributed by atoms with Crippen LogP contribution in [0.3, 0.4) is 0 Å². The highest BCUT2D eigenvalue weighted by Gasteiger charge is 2.12. The highest BCUT2D eigenvalue weighted by molar-refractivity contribution is 7.07. The van der Waals surface area contributed by atoms with Crippen molar-refractivity contribution < 1.29 is 19.7 Å². The molecular formula is C17H15N3O4S. The molecule has 0 aliphatic carbocycles. The predicted octanol–water partition coefficient (Wildman–Crippen LogP) is 2.90. The molecule has 3 rings (SSSR count). The minimum atomic E-state index is -0.595. The summed E-state index contributed by atoms with van der Waals surface area (Å²) >= 11 is 1.38. The van der Waals surface area contributed by atoms with Crippen molar-refractivity contribution in [3.8, 4) is 28.7 Å². The highest BCUT2D eigenvalue weighted by atomic mass is 32.1. The number of nitrogens with zero attached hydrogens (tertiary/aromatic N) is 3. The first-order valence-electron chi connectivity index (χ1n) is 7.26. The monoisotopic (exact) mass is 357 g/mol. The number of hydrogen-bond donors (Lipinski definition) is 3. The highest BCUT2D eigenvalue weighted by Crippen LogP contribution is 2.36. The van der Waals surface area contributed by atoms with Gasteiger partial charge in [0, 0.05) is 10.9 Å². The Labute approximate surface area is 146 Å². The van der Waals surface area contributed by atoms with Gasteiger partial charge in [0.25, 0.3) is 0 Å². The number of thiazole rings is 1. The number of benzene rings is 1. The van der Waals surface area contributed by atoms with E-state index < -0.39 is 17.2 Å². The summed E-state index contributed by atoms with van der Waals surface area (Å²) < 4.78 is 6.98. The lowest BCUT2D eigenvalue weighted by molar-refractivity contribution is 0.367. The van der Waals surface area contributed by atoms with Crippen molar-refractivity contribution in [2.24, 2.45) is 10.1 Å². The SMILES string of the molecule is C=CCN=c1scc(-c2ccco2)n1/N=C/c1ccc(O)c(O)c1O. The second-order valence-electron chi connectivity index (χ2n) is 4.94. The summed E-state index contributed by atoms with van der Waals surface area (Å²) in [6, 6.07) is 6.28. The lowest BCUT2D eigenvalue weighted by Gasteiger charge is -2.04. The van der Waals surface area contributed by atoms with Crippen LogP contribution in [0, 0.1) is 0 Å². The van der Waals surface area contributed by atoms with Crippen molar-refractivity contribution in [3.05, 3.63) is 58.9 Å². The van der Waals surface area contributed by atoms with Gasteiger partial charge in [0.2, 0.25) is 10.6 Å². The topological polar surface area (TPSA) is 103 Å². The number of hydrogen-bond acceptors (Lipinski definition) is 7. The van der Waals surface area contributed by atoms with E-state index in [4.69, 9.17) is 4.42 Å². The normalized spacial score (nSPS) is 12.1. The summed E-state index contributed by atoms with van der Waals surface area (Å²) in [6.07, 6.45) is 4.59. The number of furan rings is 1. The van der Waals surface area contributed by atoms with Gasteiger partial charge in [-0.25, -0.2) is 4.68 Å². The Morgan fingerprint density at radius 3 is 2.76 bits per heavy atom. The molecule has 0 bridgehead atoms. The van der Waals surface area contributed by atoms with Gasteiger partial charge in [0.1, 0.15) is 5.69 Å². The molecule has 0 aliphatic rings. The summed E-state index contributed by atoms with van der Waals surface area (Å²) in [5, 5.41) is 35.1. The molecular weight excluding hydrogens is 342 g/mol. The van der Waals surface area contributed by atoms with E-state index in [9.17, 15) is 15.3 Å². The maximum absolute atomic E-state index is 9.91. The molecule has 1 aromatic carbocycles. The van der Waals surface area contributed by atoms with E-state index in [1.807, 2.05) is 5.38 Å². The average Bonchev–Trinajstić information content (AvgIpc) is 3.26. The average molecular weight is 357 g/mol. The van der Waals surface area contributed by atoms with Crippen LogP contribution < -0.4 is 4.80 Å². The molecule has 0 fully saturated rings. The summed E-state index contributed by atoms with van der Waals surface area (Å²) in [4.78, 5) is 4.99. The van der Waals surface area contributed by atoms with E-state index in [1.54, 1.807) is 29.1 Å². The molecule has 0 atom stereocenters. The Morgan fingerprint density at radius 2 is 2.04 bits per heavy atom. The van der Waals surface area contributed by atoms with E-state index in [-0.39, 0.29) is 5.56 Å². The molecule has 0 saturated heterocycles. The molecule has 0 unspecified atom stereocenters. The van der Waals surface area contributed by atoms with Gasteiger partial charge in [-0.3, -0.25) is 4.99 Å². The Kier molecular flexibility index (Phi) is 4.71. The van der Waals surface area contributed by atoms with Crippen LogP contribution in [0.1, 0.15) is 5.56 Å². The molecule has 128 valence electrons. The van der Waals surface area contributed by atoms with Crippen LogP contribution in [0.15, 0.2) is 63.1 Å². The second-order valence-corrected chi connectivity index (χ2v) is 5.77. The molecule has 3 aromatic rings. The van der Waals surface area contributed by atoms with E-state index >= 15 is 0 Å². The molecule has 3 N–H and O–H groups in total. The van der Waals surface area contributed by atoms with Crippen LogP contribution in [-0.2, 0) is 0 Å². The zero-order valence-electron chi connectivity index (χ0n) is 13.0. The first-order valence-corrected chi connectivity index (χ1v) is 8.14. The molecule has 8 heteroatoms. The zero-order valence-corrected chi connectivity index (χ0v) is 13.8. The summed E-state index contributed by atoms with van der Waals surface area (Å²) in [5.41, 5.74) is 0.936. The van der Waals surface area contributed by atoms with E-state index in [0.29, 0.717) is 22.8 Å². The Balaban J connectivity index is 2.08. The van der Waals surface area contributed by atoms with Gasteiger partial charge in [-0.15, -0.1) is 17.9 Å². The van der Waals surface area contributed by atoms with E-state index in [0.717, 1.165) is 0 Å². The minimum absolute atomic E-state index is 0.245. The van der Waals surface area contributed by atoms with Gasteiger partial charge in [-0.1, -0.05) is 6.08 Å².